The SMILES string of the molecule is CC(C)=CCC1CC2(O)C(C)CC(OP(P(P)P)P(PP)P(P)P)C2C1(C)C. The Balaban J connectivity index is 2.30. The van der Waals surface area contributed by atoms with Crippen molar-refractivity contribution in [1.29, 1.82) is 0 Å². The predicted molar refractivity (Wildman–Crippen MR) is 158 cm³/mol. The molecule has 0 aliphatic heterocycles. The molecule has 0 heterocycles. The van der Waals surface area contributed by atoms with Crippen LogP contribution in [0.3, 0.4) is 0 Å². The molecule has 2 aliphatic carbocycles. The number of allylic oxidation sites excluding steroid dienone is 2. The highest BCUT2D eigenvalue weighted by molar-refractivity contribution is 9.10. The lowest BCUT2D eigenvalue weighted by molar-refractivity contribution is -0.0461. The number of hydrogen-bond donors (Lipinski definition) is 1. The fourth-order valence-electron chi connectivity index (χ4n) is 5.07. The molecule has 1 N–H and O–H groups in total. The van der Waals surface area contributed by atoms with E-state index in [1.165, 1.54) is 5.57 Å². The second kappa shape index (κ2) is 11.6. The molecule has 0 saturated heterocycles. The van der Waals surface area contributed by atoms with E-state index in [2.05, 4.69) is 85.3 Å². The Bertz CT molecular complexity index is 568. The molecule has 12 heteroatoms. The first-order valence-corrected chi connectivity index (χ1v) is 27.1. The van der Waals surface area contributed by atoms with Crippen LogP contribution in [-0.4, -0.2) is 16.8 Å². The molecule has 0 bridgehead atoms. The third-order valence-electron chi connectivity index (χ3n) is 6.51. The van der Waals surface area contributed by atoms with Gasteiger partial charge < -0.3 is 9.63 Å². The van der Waals surface area contributed by atoms with Crippen molar-refractivity contribution in [2.24, 2.45) is 23.2 Å². The van der Waals surface area contributed by atoms with E-state index in [-0.39, 0.29) is 38.4 Å². The van der Waals surface area contributed by atoms with Gasteiger partial charge in [-0.15, -0.1) is 44.6 Å². The van der Waals surface area contributed by atoms with E-state index in [1.807, 2.05) is 0 Å². The standard InChI is InChI=1S/C16H38O2P10/c1-10(2)6-7-12-9-16(17)11(3)8-13(14(16)15(12,4)5)18-25(26(20)21)28(24-19)27(22)23/h6,11-14,17,24H,7-9,19-23H2,1-5H3. The minimum Gasteiger partial charge on any atom is -0.389 e. The summed E-state index contributed by atoms with van der Waals surface area (Å²) in [7, 11) is 15.6. The van der Waals surface area contributed by atoms with Crippen molar-refractivity contribution in [3.63, 3.8) is 0 Å². The van der Waals surface area contributed by atoms with Crippen molar-refractivity contribution >= 4 is 81.1 Å². The average Bonchev–Trinajstić information content (AvgIpc) is 2.93. The molecule has 0 radical (unpaired) electrons. The zero-order chi connectivity index (χ0) is 21.4. The summed E-state index contributed by atoms with van der Waals surface area (Å²) in [5.74, 6) is 1.08. The summed E-state index contributed by atoms with van der Waals surface area (Å²) in [4.78, 5) is 0. The van der Waals surface area contributed by atoms with Gasteiger partial charge in [-0.25, -0.2) is 0 Å². The Labute approximate surface area is 190 Å². The van der Waals surface area contributed by atoms with Crippen molar-refractivity contribution in [3.05, 3.63) is 11.6 Å². The van der Waals surface area contributed by atoms with E-state index >= 15 is 0 Å². The molecule has 0 aromatic rings. The first-order chi connectivity index (χ1) is 12.9. The van der Waals surface area contributed by atoms with E-state index in [4.69, 9.17) is 4.52 Å². The van der Waals surface area contributed by atoms with Gasteiger partial charge in [-0.3, -0.25) is 0 Å². The number of rotatable bonds is 8. The maximum Gasteiger partial charge on any atom is 0.0943 e. The fourth-order valence-corrected chi connectivity index (χ4v) is 71.3. The highest BCUT2D eigenvalue weighted by Crippen LogP contribution is 3.09. The van der Waals surface area contributed by atoms with Crippen LogP contribution in [0.1, 0.15) is 53.9 Å². The number of fused-ring (bicyclic) bond motifs is 1. The summed E-state index contributed by atoms with van der Waals surface area (Å²) in [6.07, 6.45) is 5.56. The van der Waals surface area contributed by atoms with Gasteiger partial charge in [0.25, 0.3) is 0 Å². The lowest BCUT2D eigenvalue weighted by atomic mass is 9.72. The summed E-state index contributed by atoms with van der Waals surface area (Å²) in [6.45, 7) is 10.9. The van der Waals surface area contributed by atoms with E-state index in [1.54, 1.807) is 0 Å². The van der Waals surface area contributed by atoms with Crippen molar-refractivity contribution in [2.45, 2.75) is 65.6 Å². The maximum absolute atomic E-state index is 11.8. The molecule has 2 nitrogen and oxygen atoms in total. The van der Waals surface area contributed by atoms with Gasteiger partial charge in [-0.1, -0.05) is 40.4 Å². The van der Waals surface area contributed by atoms with Crippen LogP contribution in [0.5, 0.6) is 0 Å². The van der Waals surface area contributed by atoms with Gasteiger partial charge in [0, 0.05) is 12.9 Å². The summed E-state index contributed by atoms with van der Waals surface area (Å²) >= 11 is 0. The fraction of sp³-hybridized carbons (Fsp3) is 0.875. The Morgan fingerprint density at radius 2 is 1.82 bits per heavy atom. The molecule has 164 valence electrons. The number of aliphatic hydroxyl groups is 1. The van der Waals surface area contributed by atoms with Crippen LogP contribution in [0.4, 0.5) is 0 Å². The molecule has 0 aromatic carbocycles. The van der Waals surface area contributed by atoms with Crippen LogP contribution in [-0.2, 0) is 4.52 Å². The first kappa shape index (κ1) is 28.2. The number of hydrogen-bond acceptors (Lipinski definition) is 2. The Kier molecular flexibility index (Phi) is 11.7. The van der Waals surface area contributed by atoms with Gasteiger partial charge in [0.05, 0.1) is 19.2 Å². The zero-order valence-corrected chi connectivity index (χ0v) is 27.9. The maximum atomic E-state index is 11.8. The summed E-state index contributed by atoms with van der Waals surface area (Å²) in [5, 5.41) is 11.8. The molecule has 0 spiro atoms. The molecule has 0 amide bonds. The minimum absolute atomic E-state index is 0.0975. The summed E-state index contributed by atoms with van der Waals surface area (Å²) < 4.78 is 7.03. The van der Waals surface area contributed by atoms with Crippen molar-refractivity contribution in [3.8, 4) is 0 Å². The third kappa shape index (κ3) is 6.14. The lowest BCUT2D eigenvalue weighted by Gasteiger charge is -2.40. The third-order valence-corrected chi connectivity index (χ3v) is 53.8. The molecule has 2 fully saturated rings. The lowest BCUT2D eigenvalue weighted by Crippen LogP contribution is -2.41. The van der Waals surface area contributed by atoms with Crippen molar-refractivity contribution in [2.75, 3.05) is 0 Å². The van der Waals surface area contributed by atoms with Gasteiger partial charge in [-0.2, -0.15) is 0 Å². The quantitative estimate of drug-likeness (QED) is 0.232. The minimum atomic E-state index is -0.571. The van der Waals surface area contributed by atoms with Crippen LogP contribution in [0.15, 0.2) is 11.6 Å². The molecule has 13 unspecified atom stereocenters. The second-order valence-corrected chi connectivity index (χ2v) is 43.4. The molecule has 2 aliphatic rings. The van der Waals surface area contributed by atoms with Crippen molar-refractivity contribution in [1.82, 2.24) is 0 Å². The molecule has 28 heavy (non-hydrogen) atoms. The van der Waals surface area contributed by atoms with Crippen molar-refractivity contribution < 1.29 is 9.63 Å². The summed E-state index contributed by atoms with van der Waals surface area (Å²) in [6, 6.07) is 0. The first-order valence-electron chi connectivity index (χ1n) is 9.54. The van der Waals surface area contributed by atoms with Crippen LogP contribution in [0.25, 0.3) is 0 Å². The highest BCUT2D eigenvalue weighted by atomic mass is 33.1. The normalized spacial score (nSPS) is 37.0. The largest absolute Gasteiger partial charge is 0.389 e. The van der Waals surface area contributed by atoms with Gasteiger partial charge in [0.1, 0.15) is 0 Å². The molecular formula is C16H38O2P10. The Hall–Kier alpha value is 3.96. The van der Waals surface area contributed by atoms with Gasteiger partial charge in [0.15, 0.2) is 0 Å². The van der Waals surface area contributed by atoms with Crippen LogP contribution in [0.2, 0.25) is 0 Å². The van der Waals surface area contributed by atoms with Gasteiger partial charge in [-0.05, 0) is 64.3 Å². The molecule has 0 aromatic heterocycles. The molecule has 2 rings (SSSR count). The van der Waals surface area contributed by atoms with Crippen LogP contribution >= 0.6 is 81.1 Å². The average molecular weight is 572 g/mol. The zero-order valence-electron chi connectivity index (χ0n) is 17.5. The second-order valence-electron chi connectivity index (χ2n) is 8.92. The molecule has 13 atom stereocenters. The van der Waals surface area contributed by atoms with E-state index in [0.717, 1.165) is 27.2 Å². The van der Waals surface area contributed by atoms with Gasteiger partial charge in [0.2, 0.25) is 0 Å². The Morgan fingerprint density at radius 1 is 1.21 bits per heavy atom. The topological polar surface area (TPSA) is 29.5 Å². The monoisotopic (exact) mass is 572 g/mol. The van der Waals surface area contributed by atoms with Crippen LogP contribution < -0.4 is 0 Å². The smallest absolute Gasteiger partial charge is 0.0943 e. The summed E-state index contributed by atoms with van der Waals surface area (Å²) in [5.41, 5.74) is 0.904. The van der Waals surface area contributed by atoms with Gasteiger partial charge >= 0.3 is 0 Å². The van der Waals surface area contributed by atoms with E-state index in [0.29, 0.717) is 11.8 Å². The van der Waals surface area contributed by atoms with E-state index < -0.39 is 13.1 Å². The molecular weight excluding hydrogens is 534 g/mol. The van der Waals surface area contributed by atoms with Crippen LogP contribution in [0, 0.1) is 23.2 Å². The Morgan fingerprint density at radius 3 is 2.29 bits per heavy atom. The highest BCUT2D eigenvalue weighted by Gasteiger charge is 2.65. The van der Waals surface area contributed by atoms with E-state index in [9.17, 15) is 5.11 Å². The predicted octanol–water partition coefficient (Wildman–Crippen LogP) is 9.29. The molecule has 2 saturated carbocycles.